The molecule has 3 fully saturated rings. The van der Waals surface area contributed by atoms with Crippen molar-refractivity contribution in [2.24, 2.45) is 5.92 Å². The van der Waals surface area contributed by atoms with Crippen LogP contribution in [-0.4, -0.2) is 51.4 Å². The maximum Gasteiger partial charge on any atom is 0.228 e. The largest absolute Gasteiger partial charge is 0.377 e. The van der Waals surface area contributed by atoms with E-state index < -0.39 is 0 Å². The number of piperidine rings is 1. The average molecular weight is 332 g/mol. The van der Waals surface area contributed by atoms with E-state index in [0.717, 1.165) is 57.6 Å². The molecule has 6 heteroatoms. The number of carbonyl (C=O) groups is 1. The molecule has 2 aliphatic heterocycles. The Morgan fingerprint density at radius 3 is 2.75 bits per heavy atom. The van der Waals surface area contributed by atoms with Crippen molar-refractivity contribution in [2.45, 2.75) is 69.9 Å². The number of hydrogen-bond acceptors (Lipinski definition) is 4. The fourth-order valence-electron chi connectivity index (χ4n) is 4.30. The number of hydrogen-bond donors (Lipinski definition) is 0. The van der Waals surface area contributed by atoms with E-state index in [1.807, 2.05) is 6.33 Å². The molecule has 132 valence electrons. The van der Waals surface area contributed by atoms with Gasteiger partial charge in [-0.3, -0.25) is 4.79 Å². The van der Waals surface area contributed by atoms with Crippen molar-refractivity contribution in [3.63, 3.8) is 0 Å². The van der Waals surface area contributed by atoms with Crippen LogP contribution >= 0.6 is 0 Å². The summed E-state index contributed by atoms with van der Waals surface area (Å²) >= 11 is 0. The lowest BCUT2D eigenvalue weighted by atomic mass is 9.89. The Kier molecular flexibility index (Phi) is 4.57. The van der Waals surface area contributed by atoms with Gasteiger partial charge in [-0.05, 0) is 44.9 Å². The van der Waals surface area contributed by atoms with E-state index in [9.17, 15) is 4.79 Å². The van der Waals surface area contributed by atoms with Crippen molar-refractivity contribution < 1.29 is 9.53 Å². The van der Waals surface area contributed by atoms with E-state index >= 15 is 0 Å². The Balaban J connectivity index is 1.37. The highest BCUT2D eigenvalue weighted by Gasteiger charge is 2.36. The summed E-state index contributed by atoms with van der Waals surface area (Å²) in [7, 11) is 0. The Morgan fingerprint density at radius 1 is 1.25 bits per heavy atom. The summed E-state index contributed by atoms with van der Waals surface area (Å²) in [6.07, 6.45) is 9.42. The molecule has 3 heterocycles. The summed E-state index contributed by atoms with van der Waals surface area (Å²) in [5.41, 5.74) is 0. The van der Waals surface area contributed by atoms with Gasteiger partial charge in [0.1, 0.15) is 12.2 Å². The first-order valence-electron chi connectivity index (χ1n) is 9.57. The molecule has 0 N–H and O–H groups in total. The van der Waals surface area contributed by atoms with E-state index in [-0.39, 0.29) is 12.0 Å². The normalized spacial score (nSPS) is 29.0. The quantitative estimate of drug-likeness (QED) is 0.850. The van der Waals surface area contributed by atoms with Crippen molar-refractivity contribution in [2.75, 3.05) is 19.7 Å². The number of carbonyl (C=O) groups excluding carboxylic acids is 1. The van der Waals surface area contributed by atoms with Crippen LogP contribution in [0, 0.1) is 5.92 Å². The molecular formula is C18H28N4O2. The molecule has 1 aromatic heterocycles. The van der Waals surface area contributed by atoms with Crippen molar-refractivity contribution in [1.82, 2.24) is 19.7 Å². The maximum atomic E-state index is 12.9. The number of likely N-dealkylation sites (tertiary alicyclic amines) is 1. The highest BCUT2D eigenvalue weighted by molar-refractivity contribution is 5.79. The lowest BCUT2D eigenvalue weighted by Crippen LogP contribution is -2.46. The second-order valence-corrected chi connectivity index (χ2v) is 7.49. The summed E-state index contributed by atoms with van der Waals surface area (Å²) < 4.78 is 8.08. The van der Waals surface area contributed by atoms with Crippen molar-refractivity contribution >= 4 is 5.91 Å². The van der Waals surface area contributed by atoms with Gasteiger partial charge in [0.15, 0.2) is 0 Å². The first-order chi connectivity index (χ1) is 11.8. The smallest absolute Gasteiger partial charge is 0.228 e. The molecule has 1 saturated carbocycles. The highest BCUT2D eigenvalue weighted by atomic mass is 16.5. The number of amides is 1. The molecule has 0 spiro atoms. The highest BCUT2D eigenvalue weighted by Crippen LogP contribution is 2.38. The summed E-state index contributed by atoms with van der Waals surface area (Å²) in [5, 5.41) is 8.50. The van der Waals surface area contributed by atoms with Gasteiger partial charge in [0, 0.05) is 31.7 Å². The molecule has 1 amide bonds. The van der Waals surface area contributed by atoms with E-state index in [4.69, 9.17) is 4.74 Å². The van der Waals surface area contributed by atoms with Crippen molar-refractivity contribution in [3.05, 3.63) is 12.2 Å². The topological polar surface area (TPSA) is 60.2 Å². The Bertz CT molecular complexity index is 575. The van der Waals surface area contributed by atoms with E-state index in [1.165, 1.54) is 12.8 Å². The zero-order chi connectivity index (χ0) is 16.5. The van der Waals surface area contributed by atoms with Crippen LogP contribution in [0.4, 0.5) is 0 Å². The fraction of sp³-hybridized carbons (Fsp3) is 0.833. The summed E-state index contributed by atoms with van der Waals surface area (Å²) in [6.45, 7) is 4.61. The number of aromatic nitrogens is 3. The zero-order valence-electron chi connectivity index (χ0n) is 14.6. The first kappa shape index (κ1) is 16.1. The number of rotatable bonds is 4. The lowest BCUT2D eigenvalue weighted by Gasteiger charge is -2.37. The van der Waals surface area contributed by atoms with Crippen LogP contribution in [0.2, 0.25) is 0 Å². The van der Waals surface area contributed by atoms with Crippen LogP contribution in [0.3, 0.4) is 0 Å². The fourth-order valence-corrected chi connectivity index (χ4v) is 4.30. The van der Waals surface area contributed by atoms with Gasteiger partial charge in [-0.2, -0.15) is 0 Å². The summed E-state index contributed by atoms with van der Waals surface area (Å²) in [5.74, 6) is 1.96. The van der Waals surface area contributed by atoms with Crippen molar-refractivity contribution in [3.8, 4) is 0 Å². The summed E-state index contributed by atoms with van der Waals surface area (Å²) in [6, 6.07) is 0.624. The van der Waals surface area contributed by atoms with E-state index in [2.05, 4.69) is 26.6 Å². The molecule has 3 aliphatic rings. The van der Waals surface area contributed by atoms with Gasteiger partial charge in [-0.1, -0.05) is 6.92 Å². The third-order valence-corrected chi connectivity index (χ3v) is 5.87. The molecule has 2 atom stereocenters. The predicted octanol–water partition coefficient (Wildman–Crippen LogP) is 2.52. The predicted molar refractivity (Wildman–Crippen MR) is 89.6 cm³/mol. The third-order valence-electron chi connectivity index (χ3n) is 5.87. The molecule has 4 rings (SSSR count). The minimum atomic E-state index is 0.0652. The van der Waals surface area contributed by atoms with Crippen LogP contribution in [0.1, 0.15) is 69.7 Å². The van der Waals surface area contributed by atoms with Crippen molar-refractivity contribution in [1.29, 1.82) is 0 Å². The zero-order valence-corrected chi connectivity index (χ0v) is 14.6. The van der Waals surface area contributed by atoms with Crippen LogP contribution in [0.15, 0.2) is 6.33 Å². The monoisotopic (exact) mass is 332 g/mol. The molecule has 0 unspecified atom stereocenters. The van der Waals surface area contributed by atoms with Gasteiger partial charge in [-0.15, -0.1) is 10.2 Å². The Morgan fingerprint density at radius 2 is 2.04 bits per heavy atom. The molecule has 1 aliphatic carbocycles. The van der Waals surface area contributed by atoms with Crippen LogP contribution < -0.4 is 0 Å². The number of nitrogens with zero attached hydrogens (tertiary/aromatic N) is 4. The van der Waals surface area contributed by atoms with Crippen LogP contribution in [0.25, 0.3) is 0 Å². The molecule has 6 nitrogen and oxygen atoms in total. The standard InChI is InChI=1S/C18H28N4O2/c1-2-16-15(4-3-11-24-16)18(23)21-9-7-13(8-10-21)17-20-19-12-22(17)14-5-6-14/h12-16H,2-11H2,1H3/t15-,16+/m1/s1. The molecule has 0 aromatic carbocycles. The molecule has 24 heavy (non-hydrogen) atoms. The second-order valence-electron chi connectivity index (χ2n) is 7.49. The van der Waals surface area contributed by atoms with Gasteiger partial charge in [-0.25, -0.2) is 0 Å². The van der Waals surface area contributed by atoms with Gasteiger partial charge < -0.3 is 14.2 Å². The average Bonchev–Trinajstić information content (AvgIpc) is 3.38. The van der Waals surface area contributed by atoms with Crippen LogP contribution in [0.5, 0.6) is 0 Å². The Hall–Kier alpha value is -1.43. The van der Waals surface area contributed by atoms with Gasteiger partial charge in [0.2, 0.25) is 5.91 Å². The molecule has 1 aromatic rings. The molecule has 0 bridgehead atoms. The maximum absolute atomic E-state index is 12.9. The number of ether oxygens (including phenoxy) is 1. The third kappa shape index (κ3) is 3.08. The minimum Gasteiger partial charge on any atom is -0.377 e. The summed E-state index contributed by atoms with van der Waals surface area (Å²) in [4.78, 5) is 15.0. The van der Waals surface area contributed by atoms with Gasteiger partial charge in [0.25, 0.3) is 0 Å². The van der Waals surface area contributed by atoms with E-state index in [1.54, 1.807) is 0 Å². The minimum absolute atomic E-state index is 0.0652. The Labute approximate surface area is 143 Å². The lowest BCUT2D eigenvalue weighted by molar-refractivity contribution is -0.146. The van der Waals surface area contributed by atoms with Crippen LogP contribution in [-0.2, 0) is 9.53 Å². The van der Waals surface area contributed by atoms with Gasteiger partial charge >= 0.3 is 0 Å². The first-order valence-corrected chi connectivity index (χ1v) is 9.57. The molecule has 0 radical (unpaired) electrons. The van der Waals surface area contributed by atoms with E-state index in [0.29, 0.717) is 17.9 Å². The van der Waals surface area contributed by atoms with Gasteiger partial charge in [0.05, 0.1) is 12.0 Å². The second kappa shape index (κ2) is 6.82. The molecule has 2 saturated heterocycles. The molecular weight excluding hydrogens is 304 g/mol. The SMILES string of the molecule is CC[C@@H]1OCCC[C@H]1C(=O)N1CCC(c2nncn2C2CC2)CC1.